The van der Waals surface area contributed by atoms with Gasteiger partial charge in [-0.3, -0.25) is 0 Å². The lowest BCUT2D eigenvalue weighted by atomic mass is 9.84. The molecule has 0 radical (unpaired) electrons. The van der Waals surface area contributed by atoms with Crippen LogP contribution >= 0.6 is 15.9 Å². The summed E-state index contributed by atoms with van der Waals surface area (Å²) in [6.45, 7) is 6.83. The molecule has 0 bridgehead atoms. The van der Waals surface area contributed by atoms with Crippen molar-refractivity contribution in [2.24, 2.45) is 11.8 Å². The van der Waals surface area contributed by atoms with Crippen molar-refractivity contribution in [3.8, 4) is 5.75 Å². The molecule has 102 valence electrons. The maximum absolute atomic E-state index is 5.26. The molecule has 1 aromatic carbocycles. The number of benzene rings is 1. The highest BCUT2D eigenvalue weighted by atomic mass is 79.9. The van der Waals surface area contributed by atoms with Gasteiger partial charge in [0.1, 0.15) is 5.75 Å². The Balaban J connectivity index is 2.84. The molecule has 0 aromatic heterocycles. The van der Waals surface area contributed by atoms with Crippen molar-refractivity contribution in [1.82, 2.24) is 5.32 Å². The Labute approximate surface area is 119 Å². The Morgan fingerprint density at radius 3 is 2.39 bits per heavy atom. The van der Waals surface area contributed by atoms with E-state index in [1.54, 1.807) is 7.11 Å². The maximum atomic E-state index is 5.26. The average molecular weight is 314 g/mol. The Bertz CT molecular complexity index is 379. The van der Waals surface area contributed by atoms with Crippen molar-refractivity contribution < 1.29 is 4.74 Å². The summed E-state index contributed by atoms with van der Waals surface area (Å²) >= 11 is 3.55. The monoisotopic (exact) mass is 313 g/mol. The molecule has 0 aliphatic rings. The summed E-state index contributed by atoms with van der Waals surface area (Å²) in [4.78, 5) is 0. The molecule has 0 fully saturated rings. The molecule has 0 saturated carbocycles. The summed E-state index contributed by atoms with van der Waals surface area (Å²) in [5, 5.41) is 3.37. The van der Waals surface area contributed by atoms with E-state index >= 15 is 0 Å². The van der Waals surface area contributed by atoms with Crippen LogP contribution in [0.5, 0.6) is 5.75 Å². The molecule has 2 nitrogen and oxygen atoms in total. The van der Waals surface area contributed by atoms with Crippen molar-refractivity contribution in [2.45, 2.75) is 33.2 Å². The van der Waals surface area contributed by atoms with Gasteiger partial charge in [-0.25, -0.2) is 0 Å². The third-order valence-electron chi connectivity index (χ3n) is 3.64. The number of methoxy groups -OCH3 is 1. The number of rotatable bonds is 6. The predicted octanol–water partition coefficient (Wildman–Crippen LogP) is 3.88. The van der Waals surface area contributed by atoms with Gasteiger partial charge in [-0.05, 0) is 65.9 Å². The lowest BCUT2D eigenvalue weighted by Gasteiger charge is -2.27. The van der Waals surface area contributed by atoms with Gasteiger partial charge < -0.3 is 10.1 Å². The van der Waals surface area contributed by atoms with Crippen molar-refractivity contribution >= 4 is 15.9 Å². The molecule has 1 N–H and O–H groups in total. The Morgan fingerprint density at radius 2 is 1.94 bits per heavy atom. The van der Waals surface area contributed by atoms with Gasteiger partial charge >= 0.3 is 0 Å². The Hall–Kier alpha value is -0.540. The van der Waals surface area contributed by atoms with Crippen LogP contribution in [0.25, 0.3) is 0 Å². The fourth-order valence-electron chi connectivity index (χ4n) is 2.31. The average Bonchev–Trinajstić information content (AvgIpc) is 2.35. The van der Waals surface area contributed by atoms with Crippen LogP contribution in [-0.4, -0.2) is 20.2 Å². The zero-order chi connectivity index (χ0) is 13.7. The number of hydrogen-bond acceptors (Lipinski definition) is 2. The summed E-state index contributed by atoms with van der Waals surface area (Å²) in [5.41, 5.74) is 1.35. The summed E-state index contributed by atoms with van der Waals surface area (Å²) in [7, 11) is 3.73. The normalized spacial score (nSPS) is 14.6. The molecule has 1 aromatic rings. The van der Waals surface area contributed by atoms with Crippen LogP contribution in [0.2, 0.25) is 0 Å². The molecule has 0 aliphatic carbocycles. The van der Waals surface area contributed by atoms with E-state index in [2.05, 4.69) is 54.2 Å². The van der Waals surface area contributed by atoms with Crippen LogP contribution in [0.4, 0.5) is 0 Å². The fraction of sp³-hybridized carbons (Fsp3) is 0.600. The summed E-state index contributed by atoms with van der Waals surface area (Å²) in [6.07, 6.45) is 1.09. The molecule has 0 aliphatic heterocycles. The quantitative estimate of drug-likeness (QED) is 0.860. The highest BCUT2D eigenvalue weighted by Crippen LogP contribution is 2.28. The molecule has 0 amide bonds. The molecular formula is C15H24BrNO. The minimum Gasteiger partial charge on any atom is -0.496 e. The molecule has 0 heterocycles. The number of halogens is 1. The standard InChI is InChI=1S/C15H24BrNO/c1-10(2)13(11(3)17-4)8-12-6-7-15(18-5)14(16)9-12/h6-7,9-11,13,17H,8H2,1-5H3. The van der Waals surface area contributed by atoms with Crippen molar-refractivity contribution in [3.05, 3.63) is 28.2 Å². The van der Waals surface area contributed by atoms with E-state index in [-0.39, 0.29) is 0 Å². The number of ether oxygens (including phenoxy) is 1. The zero-order valence-electron chi connectivity index (χ0n) is 12.0. The van der Waals surface area contributed by atoms with Gasteiger partial charge in [-0.2, -0.15) is 0 Å². The first-order valence-corrected chi connectivity index (χ1v) is 7.28. The zero-order valence-corrected chi connectivity index (χ0v) is 13.5. The largest absolute Gasteiger partial charge is 0.496 e. The molecule has 3 heteroatoms. The van der Waals surface area contributed by atoms with Crippen LogP contribution < -0.4 is 10.1 Å². The minimum atomic E-state index is 0.519. The Morgan fingerprint density at radius 1 is 1.28 bits per heavy atom. The third kappa shape index (κ3) is 3.99. The molecule has 2 atom stereocenters. The molecular weight excluding hydrogens is 290 g/mol. The van der Waals surface area contributed by atoms with E-state index in [0.717, 1.165) is 16.6 Å². The first-order chi connectivity index (χ1) is 8.49. The Kier molecular flexibility index (Phi) is 6.16. The lowest BCUT2D eigenvalue weighted by Crippen LogP contribution is -2.35. The predicted molar refractivity (Wildman–Crippen MR) is 81.2 cm³/mol. The SMILES string of the molecule is CNC(C)C(Cc1ccc(OC)c(Br)c1)C(C)C. The van der Waals surface area contributed by atoms with E-state index in [1.807, 2.05) is 13.1 Å². The topological polar surface area (TPSA) is 21.3 Å². The van der Waals surface area contributed by atoms with E-state index in [0.29, 0.717) is 17.9 Å². The highest BCUT2D eigenvalue weighted by molar-refractivity contribution is 9.10. The van der Waals surface area contributed by atoms with E-state index in [4.69, 9.17) is 4.74 Å². The van der Waals surface area contributed by atoms with Crippen molar-refractivity contribution in [1.29, 1.82) is 0 Å². The molecule has 0 saturated heterocycles. The second-order valence-corrected chi connectivity index (χ2v) is 6.01. The number of hydrogen-bond donors (Lipinski definition) is 1. The maximum Gasteiger partial charge on any atom is 0.133 e. The summed E-state index contributed by atoms with van der Waals surface area (Å²) < 4.78 is 6.29. The van der Waals surface area contributed by atoms with Crippen LogP contribution in [0.3, 0.4) is 0 Å². The van der Waals surface area contributed by atoms with Crippen LogP contribution in [0.1, 0.15) is 26.3 Å². The van der Waals surface area contributed by atoms with E-state index in [1.165, 1.54) is 5.56 Å². The minimum absolute atomic E-state index is 0.519. The smallest absolute Gasteiger partial charge is 0.133 e. The van der Waals surface area contributed by atoms with Gasteiger partial charge in [0, 0.05) is 6.04 Å². The molecule has 0 spiro atoms. The molecule has 2 unspecified atom stereocenters. The third-order valence-corrected chi connectivity index (χ3v) is 4.26. The van der Waals surface area contributed by atoms with Gasteiger partial charge in [0.05, 0.1) is 11.6 Å². The van der Waals surface area contributed by atoms with Gasteiger partial charge in [-0.15, -0.1) is 0 Å². The molecule has 18 heavy (non-hydrogen) atoms. The first kappa shape index (κ1) is 15.5. The van der Waals surface area contributed by atoms with Gasteiger partial charge in [0.25, 0.3) is 0 Å². The summed E-state index contributed by atoms with van der Waals surface area (Å²) in [6, 6.07) is 6.87. The van der Waals surface area contributed by atoms with Crippen LogP contribution in [0, 0.1) is 11.8 Å². The van der Waals surface area contributed by atoms with Gasteiger partial charge in [0.2, 0.25) is 0 Å². The van der Waals surface area contributed by atoms with Gasteiger partial charge in [-0.1, -0.05) is 19.9 Å². The summed E-state index contributed by atoms with van der Waals surface area (Å²) in [5.74, 6) is 2.19. The lowest BCUT2D eigenvalue weighted by molar-refractivity contribution is 0.300. The molecule has 1 rings (SSSR count). The highest BCUT2D eigenvalue weighted by Gasteiger charge is 2.20. The van der Waals surface area contributed by atoms with Crippen LogP contribution in [-0.2, 0) is 6.42 Å². The second kappa shape index (κ2) is 7.15. The number of nitrogens with one attached hydrogen (secondary N) is 1. The van der Waals surface area contributed by atoms with Crippen molar-refractivity contribution in [2.75, 3.05) is 14.2 Å². The van der Waals surface area contributed by atoms with E-state index in [9.17, 15) is 0 Å². The fourth-order valence-corrected chi connectivity index (χ4v) is 2.90. The van der Waals surface area contributed by atoms with Crippen molar-refractivity contribution in [3.63, 3.8) is 0 Å². The van der Waals surface area contributed by atoms with Crippen LogP contribution in [0.15, 0.2) is 22.7 Å². The first-order valence-electron chi connectivity index (χ1n) is 6.49. The van der Waals surface area contributed by atoms with E-state index < -0.39 is 0 Å². The second-order valence-electron chi connectivity index (χ2n) is 5.16. The van der Waals surface area contributed by atoms with Gasteiger partial charge in [0.15, 0.2) is 0 Å².